The van der Waals surface area contributed by atoms with Gasteiger partial charge in [-0.15, -0.1) is 0 Å². The van der Waals surface area contributed by atoms with Crippen LogP contribution < -0.4 is 0 Å². The van der Waals surface area contributed by atoms with Crippen LogP contribution in [0.3, 0.4) is 0 Å². The number of ether oxygens (including phenoxy) is 1. The molecule has 4 heteroatoms. The molecule has 0 amide bonds. The molecular formula is C15H21IO3. The zero-order valence-corrected chi connectivity index (χ0v) is 13.6. The molecule has 1 N–H and O–H groups in total. The molecule has 0 aliphatic heterocycles. The normalized spacial score (nSPS) is 13.9. The van der Waals surface area contributed by atoms with Crippen molar-refractivity contribution in [1.29, 1.82) is 0 Å². The van der Waals surface area contributed by atoms with Crippen molar-refractivity contribution in [3.05, 3.63) is 33.4 Å². The number of rotatable bonds is 7. The first-order valence-electron chi connectivity index (χ1n) is 6.50. The Kier molecular flexibility index (Phi) is 6.79. The molecule has 0 aliphatic carbocycles. The average molecular weight is 376 g/mol. The summed E-state index contributed by atoms with van der Waals surface area (Å²) in [6.07, 6.45) is 3.34. The molecule has 0 saturated heterocycles. The molecule has 1 atom stereocenters. The number of hydrogen-bond acceptors (Lipinski definition) is 3. The van der Waals surface area contributed by atoms with Crippen LogP contribution in [0.4, 0.5) is 0 Å². The molecule has 0 heterocycles. The monoisotopic (exact) mass is 376 g/mol. The van der Waals surface area contributed by atoms with Crippen LogP contribution in [0.2, 0.25) is 0 Å². The lowest BCUT2D eigenvalue weighted by Crippen LogP contribution is -2.33. The van der Waals surface area contributed by atoms with Gasteiger partial charge in [0.15, 0.2) is 0 Å². The van der Waals surface area contributed by atoms with Crippen LogP contribution in [0.25, 0.3) is 0 Å². The second-order valence-electron chi connectivity index (χ2n) is 4.87. The van der Waals surface area contributed by atoms with Crippen LogP contribution in [0.5, 0.6) is 0 Å². The Morgan fingerprint density at radius 3 is 2.68 bits per heavy atom. The van der Waals surface area contributed by atoms with Crippen molar-refractivity contribution in [1.82, 2.24) is 0 Å². The Bertz CT molecular complexity index is 420. The van der Waals surface area contributed by atoms with Crippen molar-refractivity contribution in [2.24, 2.45) is 0 Å². The van der Waals surface area contributed by atoms with Crippen molar-refractivity contribution in [2.45, 2.75) is 38.0 Å². The number of carbonyl (C=O) groups excluding carboxylic acids is 1. The largest absolute Gasteiger partial charge is 0.468 e. The molecule has 19 heavy (non-hydrogen) atoms. The minimum atomic E-state index is -0.606. The highest BCUT2D eigenvalue weighted by molar-refractivity contribution is 14.1. The third-order valence-corrected chi connectivity index (χ3v) is 4.10. The SMILES string of the molecule is COC(=O)C(C)(CCCCCO)c1cccc(I)c1. The predicted molar refractivity (Wildman–Crippen MR) is 84.1 cm³/mol. The van der Waals surface area contributed by atoms with Gasteiger partial charge < -0.3 is 9.84 Å². The topological polar surface area (TPSA) is 46.5 Å². The number of methoxy groups -OCH3 is 1. The molecule has 1 unspecified atom stereocenters. The fourth-order valence-corrected chi connectivity index (χ4v) is 2.73. The summed E-state index contributed by atoms with van der Waals surface area (Å²) in [5.41, 5.74) is 0.390. The summed E-state index contributed by atoms with van der Waals surface area (Å²) in [5, 5.41) is 8.81. The molecule has 0 aromatic heterocycles. The molecule has 0 spiro atoms. The van der Waals surface area contributed by atoms with Crippen molar-refractivity contribution in [2.75, 3.05) is 13.7 Å². The summed E-state index contributed by atoms with van der Waals surface area (Å²) in [5.74, 6) is -0.196. The van der Waals surface area contributed by atoms with Gasteiger partial charge in [-0.2, -0.15) is 0 Å². The van der Waals surface area contributed by atoms with Crippen LogP contribution in [0, 0.1) is 3.57 Å². The summed E-state index contributed by atoms with van der Waals surface area (Å²) >= 11 is 2.25. The Morgan fingerprint density at radius 1 is 1.37 bits per heavy atom. The fraction of sp³-hybridized carbons (Fsp3) is 0.533. The summed E-state index contributed by atoms with van der Waals surface area (Å²) in [4.78, 5) is 12.1. The first-order chi connectivity index (χ1) is 9.04. The van der Waals surface area contributed by atoms with E-state index >= 15 is 0 Å². The van der Waals surface area contributed by atoms with Crippen molar-refractivity contribution in [3.8, 4) is 0 Å². The Morgan fingerprint density at radius 2 is 2.11 bits per heavy atom. The quantitative estimate of drug-likeness (QED) is 0.451. The fourth-order valence-electron chi connectivity index (χ4n) is 2.19. The Hall–Kier alpha value is -0.620. The number of benzene rings is 1. The zero-order valence-electron chi connectivity index (χ0n) is 11.5. The highest BCUT2D eigenvalue weighted by Crippen LogP contribution is 2.32. The maximum absolute atomic E-state index is 12.1. The van der Waals surface area contributed by atoms with E-state index in [0.29, 0.717) is 0 Å². The van der Waals surface area contributed by atoms with E-state index in [1.807, 2.05) is 31.2 Å². The summed E-state index contributed by atoms with van der Waals surface area (Å²) in [6.45, 7) is 2.14. The first kappa shape index (κ1) is 16.4. The first-order valence-corrected chi connectivity index (χ1v) is 7.58. The van der Waals surface area contributed by atoms with E-state index in [1.54, 1.807) is 0 Å². The van der Waals surface area contributed by atoms with Gasteiger partial charge in [-0.25, -0.2) is 0 Å². The number of esters is 1. The van der Waals surface area contributed by atoms with E-state index in [4.69, 9.17) is 9.84 Å². The lowest BCUT2D eigenvalue weighted by atomic mass is 9.78. The second kappa shape index (κ2) is 7.85. The van der Waals surface area contributed by atoms with Crippen LogP contribution in [0.15, 0.2) is 24.3 Å². The molecule has 1 aromatic rings. The highest BCUT2D eigenvalue weighted by Gasteiger charge is 2.35. The van der Waals surface area contributed by atoms with Gasteiger partial charge in [0.1, 0.15) is 0 Å². The summed E-state index contributed by atoms with van der Waals surface area (Å²) in [6, 6.07) is 7.98. The zero-order chi connectivity index (χ0) is 14.3. The maximum atomic E-state index is 12.1. The van der Waals surface area contributed by atoms with Crippen molar-refractivity contribution in [3.63, 3.8) is 0 Å². The molecule has 0 fully saturated rings. The van der Waals surface area contributed by atoms with E-state index in [0.717, 1.165) is 34.8 Å². The van der Waals surface area contributed by atoms with E-state index in [-0.39, 0.29) is 12.6 Å². The van der Waals surface area contributed by atoms with E-state index in [9.17, 15) is 4.79 Å². The van der Waals surface area contributed by atoms with Gasteiger partial charge in [0.25, 0.3) is 0 Å². The van der Waals surface area contributed by atoms with Crippen LogP contribution in [0.1, 0.15) is 38.2 Å². The van der Waals surface area contributed by atoms with E-state index < -0.39 is 5.41 Å². The van der Waals surface area contributed by atoms with E-state index in [1.165, 1.54) is 7.11 Å². The Labute approximate surface area is 128 Å². The van der Waals surface area contributed by atoms with Crippen LogP contribution in [-0.2, 0) is 14.9 Å². The number of aliphatic hydroxyl groups excluding tert-OH is 1. The number of aliphatic hydroxyl groups is 1. The molecule has 0 saturated carbocycles. The van der Waals surface area contributed by atoms with Gasteiger partial charge in [0.05, 0.1) is 12.5 Å². The maximum Gasteiger partial charge on any atom is 0.315 e. The second-order valence-corrected chi connectivity index (χ2v) is 6.11. The lowest BCUT2D eigenvalue weighted by Gasteiger charge is -2.27. The number of halogens is 1. The van der Waals surface area contributed by atoms with Gasteiger partial charge in [-0.3, -0.25) is 4.79 Å². The van der Waals surface area contributed by atoms with Gasteiger partial charge in [-0.1, -0.05) is 25.0 Å². The van der Waals surface area contributed by atoms with Crippen molar-refractivity contribution >= 4 is 28.6 Å². The summed E-state index contributed by atoms with van der Waals surface area (Å²) < 4.78 is 6.09. The Balaban J connectivity index is 2.89. The lowest BCUT2D eigenvalue weighted by molar-refractivity contribution is -0.147. The smallest absolute Gasteiger partial charge is 0.315 e. The van der Waals surface area contributed by atoms with Crippen LogP contribution in [-0.4, -0.2) is 24.8 Å². The van der Waals surface area contributed by atoms with Crippen molar-refractivity contribution < 1.29 is 14.6 Å². The third kappa shape index (κ3) is 4.45. The minimum absolute atomic E-state index is 0.196. The molecular weight excluding hydrogens is 355 g/mol. The van der Waals surface area contributed by atoms with Crippen LogP contribution >= 0.6 is 22.6 Å². The number of carbonyl (C=O) groups is 1. The third-order valence-electron chi connectivity index (χ3n) is 3.43. The molecule has 1 rings (SSSR count). The number of unbranched alkanes of at least 4 members (excludes halogenated alkanes) is 2. The predicted octanol–water partition coefficient (Wildman–Crippen LogP) is 3.27. The average Bonchev–Trinajstić information content (AvgIpc) is 2.42. The summed E-state index contributed by atoms with van der Waals surface area (Å²) in [7, 11) is 1.43. The van der Waals surface area contributed by atoms with Gasteiger partial charge in [0.2, 0.25) is 0 Å². The van der Waals surface area contributed by atoms with Gasteiger partial charge >= 0.3 is 5.97 Å². The molecule has 0 aliphatic rings. The van der Waals surface area contributed by atoms with E-state index in [2.05, 4.69) is 22.6 Å². The minimum Gasteiger partial charge on any atom is -0.468 e. The molecule has 106 valence electrons. The standard InChI is InChI=1S/C15H21IO3/c1-15(14(18)19-2,9-4-3-5-10-17)12-7-6-8-13(16)11-12/h6-8,11,17H,3-5,9-10H2,1-2H3. The molecule has 0 bridgehead atoms. The molecule has 1 aromatic carbocycles. The highest BCUT2D eigenvalue weighted by atomic mass is 127. The van der Waals surface area contributed by atoms with Gasteiger partial charge in [-0.05, 0) is 60.1 Å². The molecule has 0 radical (unpaired) electrons. The number of hydrogen-bond donors (Lipinski definition) is 1. The molecule has 3 nitrogen and oxygen atoms in total. The van der Waals surface area contributed by atoms with Gasteiger partial charge in [0, 0.05) is 10.2 Å².